The summed E-state index contributed by atoms with van der Waals surface area (Å²) in [6, 6.07) is 18.5. The van der Waals surface area contributed by atoms with Gasteiger partial charge in [0, 0.05) is 24.9 Å². The molecule has 140 valence electrons. The summed E-state index contributed by atoms with van der Waals surface area (Å²) in [4.78, 5) is 14.6. The highest BCUT2D eigenvalue weighted by molar-refractivity contribution is 6.34. The summed E-state index contributed by atoms with van der Waals surface area (Å²) in [5.41, 5.74) is 2.38. The first kappa shape index (κ1) is 18.1. The van der Waals surface area contributed by atoms with E-state index in [4.69, 9.17) is 11.6 Å². The molecule has 1 fully saturated rings. The highest BCUT2D eigenvalue weighted by atomic mass is 35.5. The highest BCUT2D eigenvalue weighted by Gasteiger charge is 2.23. The standard InChI is InChI=1S/C22H24ClN3O/c23-22-19-8-4-5-9-20(19)26(24-22)15-12-21(27)25-13-10-18(11-14-25)16-17-6-2-1-3-7-17/h1-9,18H,10-16H2. The van der Waals surface area contributed by atoms with Crippen molar-refractivity contribution in [1.82, 2.24) is 14.7 Å². The molecule has 1 aliphatic heterocycles. The minimum Gasteiger partial charge on any atom is -0.343 e. The molecule has 0 bridgehead atoms. The van der Waals surface area contributed by atoms with Crippen LogP contribution < -0.4 is 0 Å². The molecule has 1 aliphatic rings. The minimum atomic E-state index is 0.212. The number of fused-ring (bicyclic) bond motifs is 1. The van der Waals surface area contributed by atoms with Crippen molar-refractivity contribution in [3.8, 4) is 0 Å². The molecule has 3 aromatic rings. The van der Waals surface area contributed by atoms with Gasteiger partial charge in [-0.3, -0.25) is 9.48 Å². The predicted molar refractivity (Wildman–Crippen MR) is 109 cm³/mol. The van der Waals surface area contributed by atoms with E-state index in [0.717, 1.165) is 43.3 Å². The normalized spacial score (nSPS) is 15.4. The number of aryl methyl sites for hydroxylation is 1. The van der Waals surface area contributed by atoms with Crippen molar-refractivity contribution in [2.24, 2.45) is 5.92 Å². The lowest BCUT2D eigenvalue weighted by Crippen LogP contribution is -2.39. The molecule has 1 saturated heterocycles. The van der Waals surface area contributed by atoms with Gasteiger partial charge in [0.05, 0.1) is 12.1 Å². The second kappa shape index (κ2) is 8.13. The third-order valence-electron chi connectivity index (χ3n) is 5.48. The van der Waals surface area contributed by atoms with Gasteiger partial charge in [-0.25, -0.2) is 0 Å². The van der Waals surface area contributed by atoms with Crippen LogP contribution in [0.2, 0.25) is 5.15 Å². The first-order valence-electron chi connectivity index (χ1n) is 9.63. The van der Waals surface area contributed by atoms with Crippen molar-refractivity contribution in [2.75, 3.05) is 13.1 Å². The van der Waals surface area contributed by atoms with Crippen LogP contribution in [0.3, 0.4) is 0 Å². The molecule has 27 heavy (non-hydrogen) atoms. The number of halogens is 1. The van der Waals surface area contributed by atoms with Crippen molar-refractivity contribution in [3.63, 3.8) is 0 Å². The number of para-hydroxylation sites is 1. The lowest BCUT2D eigenvalue weighted by molar-refractivity contribution is -0.132. The fraction of sp³-hybridized carbons (Fsp3) is 0.364. The van der Waals surface area contributed by atoms with E-state index < -0.39 is 0 Å². The van der Waals surface area contributed by atoms with Crippen LogP contribution in [0.4, 0.5) is 0 Å². The van der Waals surface area contributed by atoms with Gasteiger partial charge in [-0.15, -0.1) is 0 Å². The predicted octanol–water partition coefficient (Wildman–Crippen LogP) is 4.56. The van der Waals surface area contributed by atoms with Gasteiger partial charge in [0.2, 0.25) is 5.91 Å². The van der Waals surface area contributed by atoms with Gasteiger partial charge in [-0.1, -0.05) is 54.1 Å². The molecule has 0 atom stereocenters. The fourth-order valence-electron chi connectivity index (χ4n) is 3.95. The molecule has 1 amide bonds. The zero-order chi connectivity index (χ0) is 18.6. The molecule has 0 spiro atoms. The van der Waals surface area contributed by atoms with Gasteiger partial charge < -0.3 is 4.90 Å². The number of likely N-dealkylation sites (tertiary alicyclic amines) is 1. The number of piperidine rings is 1. The Morgan fingerprint density at radius 2 is 1.74 bits per heavy atom. The van der Waals surface area contributed by atoms with E-state index in [1.54, 1.807) is 0 Å². The second-order valence-corrected chi connectivity index (χ2v) is 7.65. The van der Waals surface area contributed by atoms with Crippen LogP contribution in [0.25, 0.3) is 10.9 Å². The van der Waals surface area contributed by atoms with Crippen LogP contribution in [-0.2, 0) is 17.8 Å². The Morgan fingerprint density at radius 3 is 2.52 bits per heavy atom. The lowest BCUT2D eigenvalue weighted by atomic mass is 9.90. The molecule has 2 aromatic carbocycles. The smallest absolute Gasteiger partial charge is 0.224 e. The van der Waals surface area contributed by atoms with Gasteiger partial charge in [-0.2, -0.15) is 5.10 Å². The third-order valence-corrected chi connectivity index (χ3v) is 5.76. The van der Waals surface area contributed by atoms with Crippen molar-refractivity contribution in [1.29, 1.82) is 0 Å². The summed E-state index contributed by atoms with van der Waals surface area (Å²) in [5, 5.41) is 5.82. The van der Waals surface area contributed by atoms with Crippen LogP contribution in [-0.4, -0.2) is 33.7 Å². The quantitative estimate of drug-likeness (QED) is 0.649. The molecule has 2 heterocycles. The first-order valence-corrected chi connectivity index (χ1v) is 10.0. The van der Waals surface area contributed by atoms with E-state index >= 15 is 0 Å². The van der Waals surface area contributed by atoms with Gasteiger partial charge in [0.1, 0.15) is 0 Å². The Kier molecular flexibility index (Phi) is 5.44. The molecule has 5 heteroatoms. The highest BCUT2D eigenvalue weighted by Crippen LogP contribution is 2.24. The zero-order valence-corrected chi connectivity index (χ0v) is 16.1. The monoisotopic (exact) mass is 381 g/mol. The van der Waals surface area contributed by atoms with Crippen molar-refractivity contribution < 1.29 is 4.79 Å². The molecule has 0 saturated carbocycles. The fourth-order valence-corrected chi connectivity index (χ4v) is 4.20. The Hall–Kier alpha value is -2.33. The van der Waals surface area contributed by atoms with E-state index in [1.165, 1.54) is 5.56 Å². The van der Waals surface area contributed by atoms with E-state index in [2.05, 4.69) is 35.4 Å². The van der Waals surface area contributed by atoms with Crippen molar-refractivity contribution in [2.45, 2.75) is 32.2 Å². The van der Waals surface area contributed by atoms with Crippen molar-refractivity contribution in [3.05, 3.63) is 65.3 Å². The number of amides is 1. The van der Waals surface area contributed by atoms with Gasteiger partial charge in [0.15, 0.2) is 5.15 Å². The molecule has 0 aliphatic carbocycles. The number of nitrogens with zero attached hydrogens (tertiary/aromatic N) is 3. The van der Waals surface area contributed by atoms with E-state index in [1.807, 2.05) is 33.8 Å². The SMILES string of the molecule is O=C(CCn1nc(Cl)c2ccccc21)N1CCC(Cc2ccccc2)CC1. The van der Waals surface area contributed by atoms with E-state index in [9.17, 15) is 4.79 Å². The summed E-state index contributed by atoms with van der Waals surface area (Å²) in [6.07, 6.45) is 3.74. The molecule has 4 nitrogen and oxygen atoms in total. The summed E-state index contributed by atoms with van der Waals surface area (Å²) >= 11 is 6.20. The first-order chi connectivity index (χ1) is 13.2. The molecule has 0 radical (unpaired) electrons. The number of aromatic nitrogens is 2. The Labute approximate surface area is 164 Å². The topological polar surface area (TPSA) is 38.1 Å². The van der Waals surface area contributed by atoms with Crippen LogP contribution in [0.15, 0.2) is 54.6 Å². The average Bonchev–Trinajstić information content (AvgIpc) is 3.04. The molecular formula is C22H24ClN3O. The number of carbonyl (C=O) groups is 1. The molecular weight excluding hydrogens is 358 g/mol. The zero-order valence-electron chi connectivity index (χ0n) is 15.4. The summed E-state index contributed by atoms with van der Waals surface area (Å²) in [5.74, 6) is 0.884. The third kappa shape index (κ3) is 4.16. The molecule has 0 unspecified atom stereocenters. The minimum absolute atomic E-state index is 0.212. The van der Waals surface area contributed by atoms with Gasteiger partial charge in [0.25, 0.3) is 0 Å². The maximum absolute atomic E-state index is 12.6. The largest absolute Gasteiger partial charge is 0.343 e. The lowest BCUT2D eigenvalue weighted by Gasteiger charge is -2.32. The number of benzene rings is 2. The van der Waals surface area contributed by atoms with Crippen LogP contribution >= 0.6 is 11.6 Å². The van der Waals surface area contributed by atoms with Gasteiger partial charge >= 0.3 is 0 Å². The molecule has 0 N–H and O–H groups in total. The van der Waals surface area contributed by atoms with Crippen LogP contribution in [0.5, 0.6) is 0 Å². The number of hydrogen-bond donors (Lipinski definition) is 0. The van der Waals surface area contributed by atoms with Crippen LogP contribution in [0, 0.1) is 5.92 Å². The second-order valence-electron chi connectivity index (χ2n) is 7.29. The van der Waals surface area contributed by atoms with E-state index in [0.29, 0.717) is 24.0 Å². The summed E-state index contributed by atoms with van der Waals surface area (Å²) < 4.78 is 1.84. The Morgan fingerprint density at radius 1 is 1.04 bits per heavy atom. The summed E-state index contributed by atoms with van der Waals surface area (Å²) in [7, 11) is 0. The Balaban J connectivity index is 1.29. The maximum Gasteiger partial charge on any atom is 0.224 e. The molecule has 1 aromatic heterocycles. The number of hydrogen-bond acceptors (Lipinski definition) is 2. The van der Waals surface area contributed by atoms with Crippen molar-refractivity contribution >= 4 is 28.4 Å². The van der Waals surface area contributed by atoms with Crippen LogP contribution in [0.1, 0.15) is 24.8 Å². The maximum atomic E-state index is 12.6. The average molecular weight is 382 g/mol. The molecule has 4 rings (SSSR count). The number of rotatable bonds is 5. The number of carbonyl (C=O) groups excluding carboxylic acids is 1. The van der Waals surface area contributed by atoms with E-state index in [-0.39, 0.29) is 5.91 Å². The van der Waals surface area contributed by atoms with Gasteiger partial charge in [-0.05, 0) is 42.9 Å². The summed E-state index contributed by atoms with van der Waals surface area (Å²) in [6.45, 7) is 2.28. The Bertz CT molecular complexity index is 914.